The molecule has 1 aromatic rings. The SMILES string of the molecule is CC1COCC(C)N1C(=O)c1cccc(S(=O)(=O)N2CCOCC2)c1. The summed E-state index contributed by atoms with van der Waals surface area (Å²) in [6, 6.07) is 6.20. The van der Waals surface area contributed by atoms with E-state index >= 15 is 0 Å². The van der Waals surface area contributed by atoms with E-state index in [1.807, 2.05) is 13.8 Å². The van der Waals surface area contributed by atoms with Gasteiger partial charge in [0.15, 0.2) is 0 Å². The Balaban J connectivity index is 1.87. The third-order valence-electron chi connectivity index (χ3n) is 4.59. The zero-order valence-corrected chi connectivity index (χ0v) is 15.4. The van der Waals surface area contributed by atoms with Gasteiger partial charge in [-0.15, -0.1) is 0 Å². The molecule has 25 heavy (non-hydrogen) atoms. The Kier molecular flexibility index (Phi) is 5.43. The molecule has 0 spiro atoms. The van der Waals surface area contributed by atoms with Gasteiger partial charge in [-0.1, -0.05) is 6.07 Å². The zero-order chi connectivity index (χ0) is 18.0. The first kappa shape index (κ1) is 18.3. The van der Waals surface area contributed by atoms with Crippen molar-refractivity contribution in [1.82, 2.24) is 9.21 Å². The zero-order valence-electron chi connectivity index (χ0n) is 14.6. The first-order valence-electron chi connectivity index (χ1n) is 8.49. The largest absolute Gasteiger partial charge is 0.379 e. The number of sulfonamides is 1. The van der Waals surface area contributed by atoms with Crippen molar-refractivity contribution in [1.29, 1.82) is 0 Å². The van der Waals surface area contributed by atoms with Crippen molar-refractivity contribution < 1.29 is 22.7 Å². The van der Waals surface area contributed by atoms with Gasteiger partial charge in [0.25, 0.3) is 5.91 Å². The van der Waals surface area contributed by atoms with Crippen molar-refractivity contribution in [3.8, 4) is 0 Å². The van der Waals surface area contributed by atoms with Gasteiger partial charge in [-0.05, 0) is 32.0 Å². The van der Waals surface area contributed by atoms with E-state index in [4.69, 9.17) is 9.47 Å². The fourth-order valence-electron chi connectivity index (χ4n) is 3.28. The number of hydrogen-bond donors (Lipinski definition) is 0. The van der Waals surface area contributed by atoms with Gasteiger partial charge in [0.05, 0.1) is 43.4 Å². The van der Waals surface area contributed by atoms with Crippen LogP contribution in [0.25, 0.3) is 0 Å². The second-order valence-electron chi connectivity index (χ2n) is 6.49. The van der Waals surface area contributed by atoms with Crippen molar-refractivity contribution in [2.45, 2.75) is 30.8 Å². The maximum absolute atomic E-state index is 12.9. The molecular weight excluding hydrogens is 344 g/mol. The number of carbonyl (C=O) groups is 1. The van der Waals surface area contributed by atoms with Gasteiger partial charge in [-0.3, -0.25) is 4.79 Å². The summed E-state index contributed by atoms with van der Waals surface area (Å²) in [5.41, 5.74) is 0.384. The van der Waals surface area contributed by atoms with E-state index in [1.54, 1.807) is 17.0 Å². The Morgan fingerprint density at radius 3 is 2.36 bits per heavy atom. The van der Waals surface area contributed by atoms with Crippen LogP contribution >= 0.6 is 0 Å². The number of benzene rings is 1. The summed E-state index contributed by atoms with van der Waals surface area (Å²) < 4.78 is 37.7. The molecule has 0 aromatic heterocycles. The number of ether oxygens (including phenoxy) is 2. The first-order chi connectivity index (χ1) is 11.9. The van der Waals surface area contributed by atoms with Crippen LogP contribution in [0.15, 0.2) is 29.2 Å². The van der Waals surface area contributed by atoms with Crippen LogP contribution in [0.2, 0.25) is 0 Å². The predicted molar refractivity (Wildman–Crippen MR) is 91.9 cm³/mol. The molecular formula is C17H24N2O5S. The summed E-state index contributed by atoms with van der Waals surface area (Å²) in [7, 11) is -3.62. The van der Waals surface area contributed by atoms with Crippen molar-refractivity contribution >= 4 is 15.9 Å². The van der Waals surface area contributed by atoms with E-state index in [-0.39, 0.29) is 22.9 Å². The highest BCUT2D eigenvalue weighted by Gasteiger charge is 2.32. The average Bonchev–Trinajstić information content (AvgIpc) is 2.62. The van der Waals surface area contributed by atoms with Crippen molar-refractivity contribution in [2.24, 2.45) is 0 Å². The Hall–Kier alpha value is -1.48. The van der Waals surface area contributed by atoms with Gasteiger partial charge in [0.2, 0.25) is 10.0 Å². The quantitative estimate of drug-likeness (QED) is 0.794. The number of morpholine rings is 2. The van der Waals surface area contributed by atoms with Crippen LogP contribution in [-0.2, 0) is 19.5 Å². The minimum Gasteiger partial charge on any atom is -0.379 e. The number of hydrogen-bond acceptors (Lipinski definition) is 5. The molecule has 138 valence electrons. The van der Waals surface area contributed by atoms with Crippen LogP contribution in [0.4, 0.5) is 0 Å². The predicted octanol–water partition coefficient (Wildman–Crippen LogP) is 0.957. The molecule has 1 amide bonds. The fourth-order valence-corrected chi connectivity index (χ4v) is 4.73. The number of nitrogens with zero attached hydrogens (tertiary/aromatic N) is 2. The number of rotatable bonds is 3. The lowest BCUT2D eigenvalue weighted by molar-refractivity contribution is -0.0249. The van der Waals surface area contributed by atoms with Crippen LogP contribution in [-0.4, -0.2) is 75.1 Å². The van der Waals surface area contributed by atoms with Gasteiger partial charge < -0.3 is 14.4 Å². The third kappa shape index (κ3) is 3.72. The highest BCUT2D eigenvalue weighted by molar-refractivity contribution is 7.89. The molecule has 0 bridgehead atoms. The Labute approximate surface area is 148 Å². The highest BCUT2D eigenvalue weighted by atomic mass is 32.2. The molecule has 2 aliphatic rings. The average molecular weight is 368 g/mol. The molecule has 2 unspecified atom stereocenters. The lowest BCUT2D eigenvalue weighted by Gasteiger charge is -2.38. The van der Waals surface area contributed by atoms with Crippen molar-refractivity contribution in [3.05, 3.63) is 29.8 Å². The lowest BCUT2D eigenvalue weighted by Crippen LogP contribution is -2.52. The second kappa shape index (κ2) is 7.41. The van der Waals surface area contributed by atoms with E-state index < -0.39 is 10.0 Å². The van der Waals surface area contributed by atoms with Crippen LogP contribution < -0.4 is 0 Å². The van der Waals surface area contributed by atoms with E-state index in [0.29, 0.717) is 45.1 Å². The number of carbonyl (C=O) groups excluding carboxylic acids is 1. The Bertz CT molecular complexity index is 720. The minimum absolute atomic E-state index is 0.0456. The summed E-state index contributed by atoms with van der Waals surface area (Å²) in [6.45, 7) is 6.28. The van der Waals surface area contributed by atoms with Gasteiger partial charge in [-0.2, -0.15) is 4.31 Å². The van der Waals surface area contributed by atoms with Crippen LogP contribution in [0.5, 0.6) is 0 Å². The van der Waals surface area contributed by atoms with E-state index in [1.165, 1.54) is 16.4 Å². The van der Waals surface area contributed by atoms with Crippen LogP contribution in [0.3, 0.4) is 0 Å². The maximum Gasteiger partial charge on any atom is 0.254 e. The van der Waals surface area contributed by atoms with E-state index in [0.717, 1.165) is 0 Å². The van der Waals surface area contributed by atoms with Crippen molar-refractivity contribution in [3.63, 3.8) is 0 Å². The third-order valence-corrected chi connectivity index (χ3v) is 6.49. The summed E-state index contributed by atoms with van der Waals surface area (Å²) in [4.78, 5) is 14.8. The minimum atomic E-state index is -3.62. The molecule has 0 saturated carbocycles. The summed E-state index contributed by atoms with van der Waals surface area (Å²) in [5.74, 6) is -0.165. The molecule has 2 aliphatic heterocycles. The van der Waals surface area contributed by atoms with E-state index in [9.17, 15) is 13.2 Å². The maximum atomic E-state index is 12.9. The molecule has 1 aromatic carbocycles. The topological polar surface area (TPSA) is 76.2 Å². The normalized spacial score (nSPS) is 25.8. The molecule has 0 N–H and O–H groups in total. The molecule has 0 aliphatic carbocycles. The fraction of sp³-hybridized carbons (Fsp3) is 0.588. The molecule has 8 heteroatoms. The van der Waals surface area contributed by atoms with Crippen LogP contribution in [0.1, 0.15) is 24.2 Å². The molecule has 2 saturated heterocycles. The van der Waals surface area contributed by atoms with E-state index in [2.05, 4.69) is 0 Å². The lowest BCUT2D eigenvalue weighted by atomic mass is 10.1. The Morgan fingerprint density at radius 1 is 1.08 bits per heavy atom. The molecule has 7 nitrogen and oxygen atoms in total. The second-order valence-corrected chi connectivity index (χ2v) is 8.43. The molecule has 3 rings (SSSR count). The Morgan fingerprint density at radius 2 is 1.72 bits per heavy atom. The standard InChI is InChI=1S/C17H24N2O5S/c1-13-11-24-12-14(2)19(13)17(20)15-4-3-5-16(10-15)25(21,22)18-6-8-23-9-7-18/h3-5,10,13-14H,6-9,11-12H2,1-2H3. The van der Waals surface area contributed by atoms with Crippen LogP contribution in [0, 0.1) is 0 Å². The van der Waals surface area contributed by atoms with Gasteiger partial charge >= 0.3 is 0 Å². The van der Waals surface area contributed by atoms with Gasteiger partial charge in [0.1, 0.15) is 0 Å². The highest BCUT2D eigenvalue weighted by Crippen LogP contribution is 2.22. The number of amides is 1. The molecule has 0 radical (unpaired) electrons. The smallest absolute Gasteiger partial charge is 0.254 e. The first-order valence-corrected chi connectivity index (χ1v) is 9.93. The molecule has 2 fully saturated rings. The molecule has 2 atom stereocenters. The van der Waals surface area contributed by atoms with Gasteiger partial charge in [-0.25, -0.2) is 8.42 Å². The van der Waals surface area contributed by atoms with Gasteiger partial charge in [0, 0.05) is 18.7 Å². The summed E-state index contributed by atoms with van der Waals surface area (Å²) in [5, 5.41) is 0. The monoisotopic (exact) mass is 368 g/mol. The summed E-state index contributed by atoms with van der Waals surface area (Å²) in [6.07, 6.45) is 0. The summed E-state index contributed by atoms with van der Waals surface area (Å²) >= 11 is 0. The van der Waals surface area contributed by atoms with Crippen molar-refractivity contribution in [2.75, 3.05) is 39.5 Å². The molecule has 2 heterocycles.